The van der Waals surface area contributed by atoms with Gasteiger partial charge in [-0.05, 0) is 43.3 Å². The largest absolute Gasteiger partial charge is 0.493 e. The van der Waals surface area contributed by atoms with Crippen LogP contribution in [0.25, 0.3) is 11.5 Å². The Morgan fingerprint density at radius 1 is 1.07 bits per heavy atom. The molecule has 0 spiro atoms. The minimum absolute atomic E-state index is 0.0853. The molecule has 30 heavy (non-hydrogen) atoms. The number of ketones is 1. The van der Waals surface area contributed by atoms with Crippen LogP contribution in [0.2, 0.25) is 0 Å². The molecule has 156 valence electrons. The fourth-order valence-corrected chi connectivity index (χ4v) is 2.50. The second-order valence-corrected chi connectivity index (χ2v) is 6.14. The number of carbonyl (C=O) groups is 2. The number of rotatable bonds is 10. The molecule has 1 amide bonds. The van der Waals surface area contributed by atoms with Crippen LogP contribution >= 0.6 is 0 Å². The highest BCUT2D eigenvalue weighted by molar-refractivity contribution is 5.94. The van der Waals surface area contributed by atoms with E-state index in [-0.39, 0.29) is 31.4 Å². The van der Waals surface area contributed by atoms with Crippen LogP contribution in [0.5, 0.6) is 17.4 Å². The number of amides is 1. The lowest BCUT2D eigenvalue weighted by Crippen LogP contribution is -2.32. The van der Waals surface area contributed by atoms with E-state index >= 15 is 0 Å². The zero-order chi connectivity index (χ0) is 21.3. The topological polar surface area (TPSA) is 113 Å². The summed E-state index contributed by atoms with van der Waals surface area (Å²) in [7, 11) is 1.47. The van der Waals surface area contributed by atoms with Gasteiger partial charge in [-0.2, -0.15) is 0 Å². The lowest BCUT2D eigenvalue weighted by molar-refractivity contribution is -0.123. The van der Waals surface area contributed by atoms with E-state index in [1.54, 1.807) is 48.7 Å². The van der Waals surface area contributed by atoms with Gasteiger partial charge < -0.3 is 23.9 Å². The summed E-state index contributed by atoms with van der Waals surface area (Å²) in [6, 6.07) is 11.7. The zero-order valence-corrected chi connectivity index (χ0v) is 16.6. The molecule has 2 heterocycles. The predicted molar refractivity (Wildman–Crippen MR) is 107 cm³/mol. The van der Waals surface area contributed by atoms with E-state index in [9.17, 15) is 9.59 Å². The number of hydrogen-bond donors (Lipinski definition) is 1. The maximum atomic E-state index is 12.0. The summed E-state index contributed by atoms with van der Waals surface area (Å²) in [5.74, 6) is 1.31. The number of aromatic nitrogens is 2. The normalized spacial score (nSPS) is 10.3. The first kappa shape index (κ1) is 20.8. The van der Waals surface area contributed by atoms with E-state index in [0.29, 0.717) is 34.4 Å². The zero-order valence-electron chi connectivity index (χ0n) is 16.6. The molecule has 0 aliphatic carbocycles. The molecular formula is C21H21N3O6. The fraction of sp³-hybridized carbons (Fsp3) is 0.238. The maximum Gasteiger partial charge on any atom is 0.258 e. The number of Topliss-reactive ketones (excluding diaryl/α,β-unsaturated/α-hetero) is 1. The fourth-order valence-electron chi connectivity index (χ4n) is 2.50. The van der Waals surface area contributed by atoms with Crippen molar-refractivity contribution < 1.29 is 28.2 Å². The molecule has 0 saturated heterocycles. The summed E-state index contributed by atoms with van der Waals surface area (Å²) in [5.41, 5.74) is 1.10. The lowest BCUT2D eigenvalue weighted by atomic mass is 10.1. The first-order valence-corrected chi connectivity index (χ1v) is 9.15. The van der Waals surface area contributed by atoms with Crippen molar-refractivity contribution in [3.05, 3.63) is 54.3 Å². The molecule has 1 aromatic carbocycles. The molecule has 1 N–H and O–H groups in total. The second-order valence-electron chi connectivity index (χ2n) is 6.14. The number of benzene rings is 1. The maximum absolute atomic E-state index is 12.0. The van der Waals surface area contributed by atoms with Crippen molar-refractivity contribution >= 4 is 11.7 Å². The van der Waals surface area contributed by atoms with Crippen LogP contribution in [0.15, 0.2) is 53.1 Å². The van der Waals surface area contributed by atoms with E-state index in [2.05, 4.69) is 15.5 Å². The van der Waals surface area contributed by atoms with Crippen LogP contribution in [0.1, 0.15) is 17.3 Å². The summed E-state index contributed by atoms with van der Waals surface area (Å²) < 4.78 is 21.4. The summed E-state index contributed by atoms with van der Waals surface area (Å²) in [4.78, 5) is 23.4. The molecule has 0 aliphatic heterocycles. The Hall–Kier alpha value is -3.88. The van der Waals surface area contributed by atoms with Crippen molar-refractivity contribution in [3.63, 3.8) is 0 Å². The highest BCUT2D eigenvalue weighted by atomic mass is 16.5. The van der Waals surface area contributed by atoms with Crippen LogP contribution in [0.3, 0.4) is 0 Å². The van der Waals surface area contributed by atoms with Gasteiger partial charge in [-0.3, -0.25) is 9.59 Å². The second kappa shape index (κ2) is 10.1. The summed E-state index contributed by atoms with van der Waals surface area (Å²) in [6.45, 7) is 1.75. The van der Waals surface area contributed by atoms with Crippen molar-refractivity contribution in [2.75, 3.05) is 26.9 Å². The van der Waals surface area contributed by atoms with E-state index in [1.807, 2.05) is 0 Å². The molecule has 9 heteroatoms. The van der Waals surface area contributed by atoms with Crippen LogP contribution in [0, 0.1) is 0 Å². The Kier molecular flexibility index (Phi) is 6.99. The summed E-state index contributed by atoms with van der Waals surface area (Å²) in [5, 5.41) is 10.7. The number of ether oxygens (including phenoxy) is 3. The third-order valence-corrected chi connectivity index (χ3v) is 4.02. The molecule has 0 aliphatic rings. The minimum atomic E-state index is -0.324. The van der Waals surface area contributed by atoms with Gasteiger partial charge in [-0.1, -0.05) is 0 Å². The van der Waals surface area contributed by atoms with Gasteiger partial charge in [0.25, 0.3) is 5.91 Å². The van der Waals surface area contributed by atoms with Gasteiger partial charge in [0, 0.05) is 11.6 Å². The lowest BCUT2D eigenvalue weighted by Gasteiger charge is -2.12. The van der Waals surface area contributed by atoms with Gasteiger partial charge in [0.15, 0.2) is 29.6 Å². The van der Waals surface area contributed by atoms with E-state index < -0.39 is 0 Å². The van der Waals surface area contributed by atoms with Crippen molar-refractivity contribution in [2.45, 2.75) is 6.92 Å². The van der Waals surface area contributed by atoms with Crippen molar-refractivity contribution in [1.29, 1.82) is 0 Å². The third-order valence-electron chi connectivity index (χ3n) is 4.02. The molecule has 0 fully saturated rings. The molecule has 3 aromatic rings. The smallest absolute Gasteiger partial charge is 0.258 e. The summed E-state index contributed by atoms with van der Waals surface area (Å²) in [6.07, 6.45) is 1.56. The van der Waals surface area contributed by atoms with Gasteiger partial charge in [0.1, 0.15) is 12.3 Å². The number of hydrogen-bond acceptors (Lipinski definition) is 8. The average molecular weight is 411 g/mol. The standard InChI is InChI=1S/C21H21N3O6/c1-14(25)15-5-7-18(19(12-15)27-2)30-13-20(26)22-9-11-29-21-8-6-16(23-24-21)17-4-3-10-28-17/h3-8,10,12H,9,11,13H2,1-2H3,(H,22,26). The summed E-state index contributed by atoms with van der Waals surface area (Å²) >= 11 is 0. The highest BCUT2D eigenvalue weighted by Gasteiger charge is 2.10. The molecule has 9 nitrogen and oxygen atoms in total. The van der Waals surface area contributed by atoms with Crippen molar-refractivity contribution in [2.24, 2.45) is 0 Å². The number of nitrogens with zero attached hydrogens (tertiary/aromatic N) is 2. The molecular weight excluding hydrogens is 390 g/mol. The molecule has 3 rings (SSSR count). The van der Waals surface area contributed by atoms with Gasteiger partial charge in [-0.15, -0.1) is 10.2 Å². The van der Waals surface area contributed by atoms with Gasteiger partial charge in [0.05, 0.1) is 19.9 Å². The van der Waals surface area contributed by atoms with Crippen LogP contribution < -0.4 is 19.5 Å². The number of nitrogens with one attached hydrogen (secondary N) is 1. The van der Waals surface area contributed by atoms with E-state index in [1.165, 1.54) is 14.0 Å². The molecule has 0 bridgehead atoms. The highest BCUT2D eigenvalue weighted by Crippen LogP contribution is 2.28. The monoisotopic (exact) mass is 411 g/mol. The molecule has 0 radical (unpaired) electrons. The Balaban J connectivity index is 1.39. The first-order chi connectivity index (χ1) is 14.6. The Labute approximate surface area is 173 Å². The Bertz CT molecular complexity index is 986. The van der Waals surface area contributed by atoms with Crippen LogP contribution in [0.4, 0.5) is 0 Å². The van der Waals surface area contributed by atoms with Crippen molar-refractivity contribution in [3.8, 4) is 28.8 Å². The average Bonchev–Trinajstić information content (AvgIpc) is 3.30. The van der Waals surface area contributed by atoms with Gasteiger partial charge in [-0.25, -0.2) is 0 Å². The van der Waals surface area contributed by atoms with Crippen molar-refractivity contribution in [1.82, 2.24) is 15.5 Å². The molecule has 0 atom stereocenters. The molecule has 2 aromatic heterocycles. The van der Waals surface area contributed by atoms with Gasteiger partial charge in [0.2, 0.25) is 5.88 Å². The van der Waals surface area contributed by atoms with Crippen LogP contribution in [-0.2, 0) is 4.79 Å². The predicted octanol–water partition coefficient (Wildman–Crippen LogP) is 2.52. The molecule has 0 unspecified atom stereocenters. The SMILES string of the molecule is COc1cc(C(C)=O)ccc1OCC(=O)NCCOc1ccc(-c2ccco2)nn1. The van der Waals surface area contributed by atoms with Crippen LogP contribution in [-0.4, -0.2) is 48.8 Å². The Morgan fingerprint density at radius 2 is 1.93 bits per heavy atom. The van der Waals surface area contributed by atoms with Gasteiger partial charge >= 0.3 is 0 Å². The molecule has 0 saturated carbocycles. The number of furan rings is 1. The number of carbonyl (C=O) groups excluding carboxylic acids is 2. The third kappa shape index (κ3) is 5.57. The minimum Gasteiger partial charge on any atom is -0.493 e. The Morgan fingerprint density at radius 3 is 2.60 bits per heavy atom. The number of methoxy groups -OCH3 is 1. The van der Waals surface area contributed by atoms with E-state index in [0.717, 1.165) is 0 Å². The first-order valence-electron chi connectivity index (χ1n) is 9.15. The quantitative estimate of drug-likeness (QED) is 0.400. The van der Waals surface area contributed by atoms with E-state index in [4.69, 9.17) is 18.6 Å².